The first-order valence-corrected chi connectivity index (χ1v) is 11.9. The smallest absolute Gasteiger partial charge is 0.252 e. The molecule has 0 aliphatic carbocycles. The number of benzene rings is 1. The van der Waals surface area contributed by atoms with Crippen LogP contribution in [0.1, 0.15) is 5.56 Å². The zero-order valence-electron chi connectivity index (χ0n) is 14.7. The molecular formula is C18H20BrN3O3S2. The van der Waals surface area contributed by atoms with E-state index < -0.39 is 10.0 Å². The molecule has 1 aromatic carbocycles. The number of amides is 1. The molecule has 0 atom stereocenters. The van der Waals surface area contributed by atoms with E-state index >= 15 is 0 Å². The first-order valence-electron chi connectivity index (χ1n) is 8.81. The minimum absolute atomic E-state index is 0.0819. The average molecular weight is 470 g/mol. The molecule has 0 spiro atoms. The van der Waals surface area contributed by atoms with Crippen molar-refractivity contribution in [3.05, 3.63) is 45.7 Å². The lowest BCUT2D eigenvalue weighted by Gasteiger charge is -2.34. The topological polar surface area (TPSA) is 60.9 Å². The summed E-state index contributed by atoms with van der Waals surface area (Å²) in [6, 6.07) is 11.4. The summed E-state index contributed by atoms with van der Waals surface area (Å²) in [5, 5.41) is 0. The highest BCUT2D eigenvalue weighted by atomic mass is 79.9. The molecule has 6 nitrogen and oxygen atoms in total. The van der Waals surface area contributed by atoms with E-state index in [0.29, 0.717) is 36.9 Å². The summed E-state index contributed by atoms with van der Waals surface area (Å²) in [6.45, 7) is 2.98. The highest BCUT2D eigenvalue weighted by Gasteiger charge is 2.31. The van der Waals surface area contributed by atoms with Crippen molar-refractivity contribution in [3.8, 4) is 0 Å². The van der Waals surface area contributed by atoms with Gasteiger partial charge in [-0.3, -0.25) is 9.69 Å². The van der Waals surface area contributed by atoms with Crippen LogP contribution in [0.2, 0.25) is 0 Å². The second-order valence-electron chi connectivity index (χ2n) is 6.66. The molecule has 4 rings (SSSR count). The van der Waals surface area contributed by atoms with Crippen LogP contribution >= 0.6 is 27.3 Å². The molecule has 0 saturated carbocycles. The van der Waals surface area contributed by atoms with Crippen LogP contribution in [0.25, 0.3) is 0 Å². The molecule has 1 saturated heterocycles. The van der Waals surface area contributed by atoms with Crippen LogP contribution in [0, 0.1) is 0 Å². The van der Waals surface area contributed by atoms with Crippen molar-refractivity contribution >= 4 is 48.9 Å². The molecule has 1 aromatic heterocycles. The van der Waals surface area contributed by atoms with E-state index in [1.807, 2.05) is 28.0 Å². The summed E-state index contributed by atoms with van der Waals surface area (Å²) < 4.78 is 28.1. The van der Waals surface area contributed by atoms with Gasteiger partial charge in [-0.1, -0.05) is 18.2 Å². The third-order valence-electron chi connectivity index (χ3n) is 5.02. The number of halogens is 1. The van der Waals surface area contributed by atoms with E-state index in [1.54, 1.807) is 12.1 Å². The number of fused-ring (bicyclic) bond motifs is 1. The van der Waals surface area contributed by atoms with Gasteiger partial charge in [0.15, 0.2) is 0 Å². The quantitative estimate of drug-likeness (QED) is 0.689. The van der Waals surface area contributed by atoms with Gasteiger partial charge in [-0.05, 0) is 46.1 Å². The predicted molar refractivity (Wildman–Crippen MR) is 110 cm³/mol. The molecule has 27 heavy (non-hydrogen) atoms. The Bertz CT molecular complexity index is 952. The number of carbonyl (C=O) groups is 1. The maximum Gasteiger partial charge on any atom is 0.252 e. The molecule has 0 unspecified atom stereocenters. The highest BCUT2D eigenvalue weighted by Crippen LogP contribution is 2.29. The molecular weight excluding hydrogens is 450 g/mol. The number of anilines is 1. The van der Waals surface area contributed by atoms with Crippen molar-refractivity contribution in [3.63, 3.8) is 0 Å². The maximum absolute atomic E-state index is 12.7. The van der Waals surface area contributed by atoms with Gasteiger partial charge in [0.25, 0.3) is 10.0 Å². The monoisotopic (exact) mass is 469 g/mol. The molecule has 0 radical (unpaired) electrons. The Kier molecular flexibility index (Phi) is 5.39. The molecule has 0 bridgehead atoms. The third-order valence-corrected chi connectivity index (χ3v) is 9.01. The van der Waals surface area contributed by atoms with Crippen molar-refractivity contribution in [2.75, 3.05) is 44.2 Å². The number of thiophene rings is 1. The maximum atomic E-state index is 12.7. The molecule has 144 valence electrons. The second kappa shape index (κ2) is 7.63. The number of para-hydroxylation sites is 1. The van der Waals surface area contributed by atoms with Gasteiger partial charge in [-0.25, -0.2) is 8.42 Å². The Labute approximate surface area is 171 Å². The van der Waals surface area contributed by atoms with Crippen LogP contribution in [0.5, 0.6) is 0 Å². The van der Waals surface area contributed by atoms with Gasteiger partial charge in [0.05, 0.1) is 10.3 Å². The largest absolute Gasteiger partial charge is 0.311 e. The van der Waals surface area contributed by atoms with Crippen molar-refractivity contribution in [2.45, 2.75) is 10.6 Å². The first kappa shape index (κ1) is 19.1. The Morgan fingerprint density at radius 1 is 1.04 bits per heavy atom. The van der Waals surface area contributed by atoms with Gasteiger partial charge < -0.3 is 4.90 Å². The number of piperazine rings is 1. The van der Waals surface area contributed by atoms with Crippen molar-refractivity contribution in [1.82, 2.24) is 9.21 Å². The summed E-state index contributed by atoms with van der Waals surface area (Å²) in [4.78, 5) is 16.6. The molecule has 2 aromatic rings. The minimum atomic E-state index is -3.45. The van der Waals surface area contributed by atoms with Gasteiger partial charge in [-0.15, -0.1) is 11.3 Å². The summed E-state index contributed by atoms with van der Waals surface area (Å²) in [5.41, 5.74) is 2.22. The van der Waals surface area contributed by atoms with Crippen molar-refractivity contribution in [2.24, 2.45) is 0 Å². The molecule has 9 heteroatoms. The molecule has 1 amide bonds. The van der Waals surface area contributed by atoms with E-state index in [0.717, 1.165) is 22.4 Å². The van der Waals surface area contributed by atoms with Crippen molar-refractivity contribution < 1.29 is 13.2 Å². The Morgan fingerprint density at radius 3 is 2.48 bits per heavy atom. The van der Waals surface area contributed by atoms with Crippen LogP contribution in [-0.2, 0) is 21.2 Å². The Balaban J connectivity index is 1.36. The summed E-state index contributed by atoms with van der Waals surface area (Å²) >= 11 is 4.54. The normalized spacial score (nSPS) is 18.6. The zero-order valence-corrected chi connectivity index (χ0v) is 17.9. The van der Waals surface area contributed by atoms with E-state index in [4.69, 9.17) is 0 Å². The van der Waals surface area contributed by atoms with Gasteiger partial charge in [0.2, 0.25) is 5.91 Å². The van der Waals surface area contributed by atoms with Gasteiger partial charge in [0.1, 0.15) is 4.21 Å². The third kappa shape index (κ3) is 3.84. The minimum Gasteiger partial charge on any atom is -0.311 e. The average Bonchev–Trinajstić information content (AvgIpc) is 3.29. The zero-order chi connectivity index (χ0) is 19.0. The molecule has 1 fully saturated rings. The summed E-state index contributed by atoms with van der Waals surface area (Å²) in [5.74, 6) is 0.0819. The lowest BCUT2D eigenvalue weighted by atomic mass is 10.2. The molecule has 0 N–H and O–H groups in total. The lowest BCUT2D eigenvalue weighted by molar-refractivity contribution is -0.119. The summed E-state index contributed by atoms with van der Waals surface area (Å²) in [7, 11) is -3.45. The van der Waals surface area contributed by atoms with Gasteiger partial charge >= 0.3 is 0 Å². The molecule has 3 heterocycles. The van der Waals surface area contributed by atoms with Crippen LogP contribution < -0.4 is 4.90 Å². The molecule has 2 aliphatic heterocycles. The highest BCUT2D eigenvalue weighted by molar-refractivity contribution is 9.11. The van der Waals surface area contributed by atoms with Crippen LogP contribution in [0.3, 0.4) is 0 Å². The van der Waals surface area contributed by atoms with E-state index in [2.05, 4.69) is 22.0 Å². The molecule has 2 aliphatic rings. The van der Waals surface area contributed by atoms with E-state index in [-0.39, 0.29) is 5.91 Å². The number of carbonyl (C=O) groups excluding carboxylic acids is 1. The van der Waals surface area contributed by atoms with Crippen LogP contribution in [0.15, 0.2) is 44.4 Å². The summed E-state index contributed by atoms with van der Waals surface area (Å²) in [6.07, 6.45) is 0.893. The van der Waals surface area contributed by atoms with Gasteiger partial charge in [0, 0.05) is 38.4 Å². The first-order chi connectivity index (χ1) is 12.9. The number of nitrogens with zero attached hydrogens (tertiary/aromatic N) is 3. The Morgan fingerprint density at radius 2 is 1.78 bits per heavy atom. The standard InChI is InChI=1S/C18H20BrN3O3S2/c19-16-5-6-18(26-16)27(24,25)21-11-9-20(10-12-21)13-17(23)22-8-7-14-3-1-2-4-15(14)22/h1-6H,7-13H2. The van der Waals surface area contributed by atoms with Crippen LogP contribution in [-0.4, -0.2) is 62.8 Å². The second-order valence-corrected chi connectivity index (χ2v) is 11.3. The van der Waals surface area contributed by atoms with E-state index in [1.165, 1.54) is 21.2 Å². The van der Waals surface area contributed by atoms with Crippen molar-refractivity contribution in [1.29, 1.82) is 0 Å². The number of hydrogen-bond donors (Lipinski definition) is 0. The lowest BCUT2D eigenvalue weighted by Crippen LogP contribution is -2.51. The SMILES string of the molecule is O=C(CN1CCN(S(=O)(=O)c2ccc(Br)s2)CC1)N1CCc2ccccc21. The van der Waals surface area contributed by atoms with Gasteiger partial charge in [-0.2, -0.15) is 4.31 Å². The van der Waals surface area contributed by atoms with E-state index in [9.17, 15) is 13.2 Å². The predicted octanol–water partition coefficient (Wildman–Crippen LogP) is 2.41. The number of rotatable bonds is 4. The fourth-order valence-corrected chi connectivity index (χ4v) is 7.15. The Hall–Kier alpha value is -1.26. The fourth-order valence-electron chi connectivity index (χ4n) is 3.57. The number of sulfonamides is 1. The fraction of sp³-hybridized carbons (Fsp3) is 0.389. The van der Waals surface area contributed by atoms with Crippen LogP contribution in [0.4, 0.5) is 5.69 Å². The number of hydrogen-bond acceptors (Lipinski definition) is 5.